The number of nitrogens with one attached hydrogen (secondary N) is 1. The molecule has 3 N–H and O–H groups in total. The Balaban J connectivity index is 1.75. The zero-order valence-corrected chi connectivity index (χ0v) is 26.3. The number of nitrogens with zero attached hydrogens (tertiary/aromatic N) is 1. The molecule has 1 unspecified atom stereocenters. The number of phosphoric ester groups is 1. The van der Waals surface area contributed by atoms with E-state index in [0.717, 1.165) is 42.7 Å². The van der Waals surface area contributed by atoms with Gasteiger partial charge in [-0.25, -0.2) is 13.8 Å². The van der Waals surface area contributed by atoms with Gasteiger partial charge < -0.3 is 14.9 Å². The van der Waals surface area contributed by atoms with E-state index in [1.807, 2.05) is 4.98 Å². The largest absolute Gasteiger partial charge is 0.475 e. The minimum absolute atomic E-state index is 0.0468. The molecule has 1 saturated heterocycles. The number of carbonyl (C=O) groups excluding carboxylic acids is 2. The second-order valence-corrected chi connectivity index (χ2v) is 15.7. The van der Waals surface area contributed by atoms with E-state index in [4.69, 9.17) is 18.3 Å². The summed E-state index contributed by atoms with van der Waals surface area (Å²) in [7, 11) is -4.67. The fourth-order valence-corrected chi connectivity index (χ4v) is 7.10. The number of carbonyl (C=O) groups is 2. The van der Waals surface area contributed by atoms with E-state index in [1.165, 1.54) is 0 Å². The highest BCUT2D eigenvalue weighted by molar-refractivity contribution is 8.14. The average Bonchev–Trinajstić information content (AvgIpc) is 3.23. The van der Waals surface area contributed by atoms with Crippen LogP contribution in [0.15, 0.2) is 21.9 Å². The number of H-pyrrole nitrogens is 1. The van der Waals surface area contributed by atoms with Gasteiger partial charge in [0.25, 0.3) is 11.4 Å². The highest BCUT2D eigenvalue weighted by Crippen LogP contribution is 2.72. The van der Waals surface area contributed by atoms with Crippen molar-refractivity contribution in [1.82, 2.24) is 9.55 Å². The molecule has 0 spiro atoms. The second kappa shape index (κ2) is 11.6. The molecule has 5 atom stereocenters. The first-order valence-electron chi connectivity index (χ1n) is 12.6. The Labute approximate surface area is 244 Å². The summed E-state index contributed by atoms with van der Waals surface area (Å²) in [5, 5.41) is 21.9. The summed E-state index contributed by atoms with van der Waals surface area (Å²) in [6.07, 6.45) is -2.90. The molecule has 1 aliphatic heterocycles. The van der Waals surface area contributed by atoms with Gasteiger partial charge in [0.1, 0.15) is 5.60 Å². The number of phosphoric acid groups is 1. The first-order chi connectivity index (χ1) is 18.6. The van der Waals surface area contributed by atoms with Crippen LogP contribution in [-0.4, -0.2) is 77.9 Å². The molecule has 232 valence electrons. The van der Waals surface area contributed by atoms with Crippen LogP contribution in [0, 0.1) is 10.8 Å². The lowest BCUT2D eigenvalue weighted by Gasteiger charge is -2.32. The number of aromatic nitrogens is 2. The van der Waals surface area contributed by atoms with Gasteiger partial charge >= 0.3 is 13.5 Å². The third-order valence-corrected chi connectivity index (χ3v) is 10.3. The van der Waals surface area contributed by atoms with E-state index >= 15 is 4.39 Å². The maximum absolute atomic E-state index is 15.9. The summed E-state index contributed by atoms with van der Waals surface area (Å²) in [6, 6.07) is 0.939. The fourth-order valence-electron chi connectivity index (χ4n) is 3.91. The van der Waals surface area contributed by atoms with Gasteiger partial charge in [0.05, 0.1) is 13.2 Å². The summed E-state index contributed by atoms with van der Waals surface area (Å²) in [5.74, 6) is -3.05. The molecule has 13 nitrogen and oxygen atoms in total. The smallest absolute Gasteiger partial charge is 0.382 e. The lowest BCUT2D eigenvalue weighted by molar-refractivity contribution is -0.182. The molecule has 1 aromatic heterocycles. The number of hydrogen-bond acceptors (Lipinski definition) is 13. The summed E-state index contributed by atoms with van der Waals surface area (Å²) >= 11 is 1.84. The van der Waals surface area contributed by atoms with Gasteiger partial charge in [-0.2, -0.15) is 0 Å². The van der Waals surface area contributed by atoms with Gasteiger partial charge in [-0.05, 0) is 6.92 Å². The van der Waals surface area contributed by atoms with Crippen molar-refractivity contribution < 1.29 is 47.1 Å². The quantitative estimate of drug-likeness (QED) is 0.236. The second-order valence-electron chi connectivity index (χ2n) is 11.9. The summed E-state index contributed by atoms with van der Waals surface area (Å²) in [4.78, 5) is 49.9. The topological polar surface area (TPSA) is 183 Å². The molecule has 1 aromatic rings. The molecule has 0 bridgehead atoms. The van der Waals surface area contributed by atoms with E-state index < -0.39 is 59.3 Å². The zero-order chi connectivity index (χ0) is 31.2. The van der Waals surface area contributed by atoms with Crippen molar-refractivity contribution in [3.8, 4) is 0 Å². The number of aromatic amines is 1. The number of fused-ring (bicyclic) bond motifs is 1. The van der Waals surface area contributed by atoms with Crippen LogP contribution in [-0.2, 0) is 32.5 Å². The van der Waals surface area contributed by atoms with E-state index in [1.54, 1.807) is 41.5 Å². The van der Waals surface area contributed by atoms with Crippen molar-refractivity contribution in [2.45, 2.75) is 77.9 Å². The molecule has 2 heterocycles. The van der Waals surface area contributed by atoms with E-state index in [0.29, 0.717) is 4.57 Å². The molecule has 3 rings (SSSR count). The van der Waals surface area contributed by atoms with E-state index in [-0.39, 0.29) is 35.0 Å². The maximum atomic E-state index is 15.9. The minimum Gasteiger partial charge on any atom is -0.382 e. The van der Waals surface area contributed by atoms with E-state index in [2.05, 4.69) is 0 Å². The van der Waals surface area contributed by atoms with Crippen LogP contribution < -0.4 is 11.2 Å². The molecule has 1 aliphatic carbocycles. The van der Waals surface area contributed by atoms with Crippen molar-refractivity contribution in [3.05, 3.63) is 33.1 Å². The number of aliphatic hydroxyl groups is 2. The number of rotatable bonds is 11. The Hall–Kier alpha value is -1.36. The van der Waals surface area contributed by atoms with E-state index in [9.17, 15) is 34.0 Å². The first-order valence-corrected chi connectivity index (χ1v) is 16.1. The molecule has 1 saturated carbocycles. The standard InChI is InChI=1S/C24H36FN2O11PS2/c1-20(2,3)17(29)40-12-10-35-39(34,36-11-13-41-18(30)21(4,5)6)38-15-23(33)22(7,32)16(37-24(15,23)25)27-9-8-14(28)26-19(27)31/h8-9,15-16,32-33H,10-13H2,1-7H3,(H,26,28,31)/t15?,16-,22+,23+,24-/m1/s1. The number of halogens is 1. The SMILES string of the molecule is CC(C)(C)C(=O)SCCOP(=O)(OCCSC(=O)C(C)(C)C)OC1[C@]2(O)[C@@](C)(O)[C@H](n3ccc(=O)[nH]c3=O)O[C@]12F. The third kappa shape index (κ3) is 6.75. The number of hydrogen-bond donors (Lipinski definition) is 3. The van der Waals surface area contributed by atoms with Crippen molar-refractivity contribution >= 4 is 41.6 Å². The fraction of sp³-hybridized carbons (Fsp3) is 0.750. The van der Waals surface area contributed by atoms with Gasteiger partial charge in [0.15, 0.2) is 28.2 Å². The Kier molecular flexibility index (Phi) is 9.67. The predicted molar refractivity (Wildman–Crippen MR) is 149 cm³/mol. The molecule has 0 radical (unpaired) electrons. The van der Waals surface area contributed by atoms with Crippen LogP contribution in [0.2, 0.25) is 0 Å². The Morgan fingerprint density at radius 3 is 1.95 bits per heavy atom. The molecule has 2 fully saturated rings. The highest BCUT2D eigenvalue weighted by Gasteiger charge is 2.95. The average molecular weight is 643 g/mol. The van der Waals surface area contributed by atoms with Gasteiger partial charge in [-0.3, -0.25) is 37.5 Å². The number of ether oxygens (including phenoxy) is 1. The molecular formula is C24H36FN2O11PS2. The highest BCUT2D eigenvalue weighted by atomic mass is 32.2. The zero-order valence-electron chi connectivity index (χ0n) is 23.8. The predicted octanol–water partition coefficient (Wildman–Crippen LogP) is 2.37. The summed E-state index contributed by atoms with van der Waals surface area (Å²) in [5.41, 5.74) is -8.40. The van der Waals surface area contributed by atoms with Crippen LogP contribution in [0.1, 0.15) is 54.7 Å². The van der Waals surface area contributed by atoms with Crippen LogP contribution in [0.25, 0.3) is 0 Å². The van der Waals surface area contributed by atoms with Gasteiger partial charge in [0.2, 0.25) is 0 Å². The Morgan fingerprint density at radius 1 is 1.07 bits per heavy atom. The number of alkyl halides is 1. The maximum Gasteiger partial charge on any atom is 0.475 e. The third-order valence-electron chi connectivity index (χ3n) is 6.38. The van der Waals surface area contributed by atoms with Crippen molar-refractivity contribution in [2.24, 2.45) is 10.8 Å². The minimum atomic E-state index is -4.67. The van der Waals surface area contributed by atoms with Gasteiger partial charge in [-0.15, -0.1) is 0 Å². The van der Waals surface area contributed by atoms with Crippen LogP contribution in [0.4, 0.5) is 4.39 Å². The lowest BCUT2D eigenvalue weighted by atomic mass is 9.95. The van der Waals surface area contributed by atoms with Gasteiger partial charge in [0, 0.05) is 34.6 Å². The molecular weight excluding hydrogens is 606 g/mol. The molecule has 0 aromatic carbocycles. The van der Waals surface area contributed by atoms with Crippen LogP contribution in [0.5, 0.6) is 0 Å². The normalized spacial score (nSPS) is 29.8. The molecule has 17 heteroatoms. The Bertz CT molecular complexity index is 1300. The van der Waals surface area contributed by atoms with Crippen molar-refractivity contribution in [2.75, 3.05) is 24.7 Å². The molecule has 41 heavy (non-hydrogen) atoms. The van der Waals surface area contributed by atoms with Crippen LogP contribution >= 0.6 is 31.3 Å². The summed E-state index contributed by atoms with van der Waals surface area (Å²) in [6.45, 7) is 10.7. The molecule has 0 amide bonds. The van der Waals surface area contributed by atoms with Crippen molar-refractivity contribution in [3.63, 3.8) is 0 Å². The van der Waals surface area contributed by atoms with Crippen LogP contribution in [0.3, 0.4) is 0 Å². The monoisotopic (exact) mass is 642 g/mol. The first kappa shape index (κ1) is 34.1. The van der Waals surface area contributed by atoms with Crippen molar-refractivity contribution in [1.29, 1.82) is 0 Å². The summed E-state index contributed by atoms with van der Waals surface area (Å²) < 4.78 is 51.3. The lowest BCUT2D eigenvalue weighted by Crippen LogP contribution is -2.51. The molecule has 2 aliphatic rings. The number of thioether (sulfide) groups is 2. The van der Waals surface area contributed by atoms with Gasteiger partial charge in [-0.1, -0.05) is 65.1 Å². The Morgan fingerprint density at radius 2 is 1.56 bits per heavy atom.